The van der Waals surface area contributed by atoms with E-state index in [9.17, 15) is 2.74 Å². The number of hydrogen-bond acceptors (Lipinski definition) is 2. The summed E-state index contributed by atoms with van der Waals surface area (Å²) in [5, 5.41) is 6.05. The molecule has 0 unspecified atom stereocenters. The fraction of sp³-hybridized carbons (Fsp3) is 0.0127. The van der Waals surface area contributed by atoms with Crippen molar-refractivity contribution in [3.63, 3.8) is 0 Å². The minimum Gasteiger partial charge on any atom is -0.510 e. The van der Waals surface area contributed by atoms with Gasteiger partial charge in [-0.15, -0.1) is 29.7 Å². The van der Waals surface area contributed by atoms with E-state index in [4.69, 9.17) is 24.8 Å². The second kappa shape index (κ2) is 21.7. The van der Waals surface area contributed by atoms with E-state index in [0.717, 1.165) is 70.4 Å². The van der Waals surface area contributed by atoms with Crippen LogP contribution in [0, 0.1) is 25.3 Å². The Labute approximate surface area is 533 Å². The Balaban J connectivity index is 0.00000798. The van der Waals surface area contributed by atoms with Crippen LogP contribution in [0.3, 0.4) is 0 Å². The maximum Gasteiger partial charge on any atom is 0.268 e. The predicted octanol–water partition coefficient (Wildman–Crippen LogP) is 15.9. The second-order valence-electron chi connectivity index (χ2n) is 20.8. The number of aryl methyl sites for hydroxylation is 1. The number of rotatable bonds is 10. The van der Waals surface area contributed by atoms with Crippen LogP contribution in [0.25, 0.3) is 106 Å². The first kappa shape index (κ1) is 40.1. The van der Waals surface area contributed by atoms with Crippen LogP contribution in [0.5, 0.6) is 11.5 Å². The number of hydrogen-bond donors (Lipinski definition) is 0. The molecule has 86 heavy (non-hydrogen) atoms. The molecule has 0 saturated carbocycles. The van der Waals surface area contributed by atoms with Crippen molar-refractivity contribution in [2.24, 2.45) is 0 Å². The molecule has 0 N–H and O–H groups in total. The zero-order chi connectivity index (χ0) is 67.6. The summed E-state index contributed by atoms with van der Waals surface area (Å²) < 4.78 is 127. The summed E-state index contributed by atoms with van der Waals surface area (Å²) in [6, 6.07) is 78.5. The van der Waals surface area contributed by atoms with Crippen LogP contribution in [0.2, 0.25) is 0 Å². The largest absolute Gasteiger partial charge is 0.510 e. The SMILES string of the molecule is [2H]c1c([2H])c([2H])c(-c2cnc(-n3c4[c-]c(Oc5[c-]c(-n6[c-][n+]7c8c(cccc86)-c6ccccc6-c6ccccc6-c6cccc(-c8c([2H])c([2H])c([2H])c([2H])c8[2H])c6-7)ccc5)ccc4c4cc([Si](c5ccccc5)(c5ccccc5)c5ccccc5)ccc43)cc2C([2H])([2H])[2H])c([2H])c1[2H].[Pt]. The van der Waals surface area contributed by atoms with Crippen LogP contribution >= 0.6 is 0 Å². The van der Waals surface area contributed by atoms with Gasteiger partial charge in [-0.3, -0.25) is 4.57 Å². The van der Waals surface area contributed by atoms with Crippen molar-refractivity contribution < 1.29 is 48.2 Å². The summed E-state index contributed by atoms with van der Waals surface area (Å²) in [4.78, 5) is 4.92. The molecule has 3 aromatic heterocycles. The predicted molar refractivity (Wildman–Crippen MR) is 349 cm³/mol. The molecule has 4 heterocycles. The van der Waals surface area contributed by atoms with E-state index in [2.05, 4.69) is 122 Å². The summed E-state index contributed by atoms with van der Waals surface area (Å²) in [6.45, 7) is -2.86. The Morgan fingerprint density at radius 3 is 1.66 bits per heavy atom. The number of pyridine rings is 1. The first-order chi connectivity index (χ1) is 47.4. The van der Waals surface area contributed by atoms with Crippen LogP contribution in [0.4, 0.5) is 0 Å². The Morgan fingerprint density at radius 1 is 0.465 bits per heavy atom. The molecule has 15 aromatic rings. The first-order valence-electron chi connectivity index (χ1n) is 34.3. The molecule has 5 nitrogen and oxygen atoms in total. The van der Waals surface area contributed by atoms with Crippen molar-refractivity contribution in [1.82, 2.24) is 14.1 Å². The number of ether oxygens (including phenoxy) is 1. The summed E-state index contributed by atoms with van der Waals surface area (Å²) in [7, 11) is -3.13. The van der Waals surface area contributed by atoms with Crippen LogP contribution < -0.4 is 30.1 Å². The minimum atomic E-state index is -3.13. The minimum absolute atomic E-state index is 0. The third-order valence-electron chi connectivity index (χ3n) is 16.2. The van der Waals surface area contributed by atoms with Gasteiger partial charge in [0.15, 0.2) is 8.07 Å². The maximum absolute atomic E-state index is 9.31. The van der Waals surface area contributed by atoms with Crippen LogP contribution in [0.15, 0.2) is 297 Å². The molecular formula is C79H52N4OPtSi-2. The molecule has 0 atom stereocenters. The molecule has 12 aromatic carbocycles. The number of aromatic nitrogens is 4. The topological polar surface area (TPSA) is 35.9 Å². The van der Waals surface area contributed by atoms with Crippen molar-refractivity contribution in [3.8, 4) is 84.3 Å². The zero-order valence-corrected chi connectivity index (χ0v) is 48.8. The van der Waals surface area contributed by atoms with Gasteiger partial charge in [0, 0.05) is 54.0 Å². The zero-order valence-electron chi connectivity index (χ0n) is 58.5. The van der Waals surface area contributed by atoms with E-state index in [-0.39, 0.29) is 72.7 Å². The van der Waals surface area contributed by atoms with Gasteiger partial charge in [-0.05, 0) is 106 Å². The number of para-hydroxylation sites is 2. The van der Waals surface area contributed by atoms with E-state index < -0.39 is 63.3 Å². The van der Waals surface area contributed by atoms with Crippen LogP contribution in [0.1, 0.15) is 23.4 Å². The molecule has 410 valence electrons. The molecule has 0 saturated heterocycles. The van der Waals surface area contributed by atoms with Crippen LogP contribution in [-0.4, -0.2) is 22.2 Å². The molecule has 0 spiro atoms. The van der Waals surface area contributed by atoms with Gasteiger partial charge in [0.1, 0.15) is 5.82 Å². The molecule has 0 aliphatic carbocycles. The van der Waals surface area contributed by atoms with Gasteiger partial charge in [-0.25, -0.2) is 4.98 Å². The Hall–Kier alpha value is -10.2. The molecule has 0 amide bonds. The normalized spacial score (nSPS) is 14.0. The monoisotopic (exact) mass is 1310 g/mol. The Morgan fingerprint density at radius 2 is 1.01 bits per heavy atom. The fourth-order valence-electron chi connectivity index (χ4n) is 12.6. The van der Waals surface area contributed by atoms with Gasteiger partial charge < -0.3 is 13.9 Å². The van der Waals surface area contributed by atoms with Gasteiger partial charge in [-0.2, -0.15) is 18.2 Å². The van der Waals surface area contributed by atoms with Gasteiger partial charge in [0.2, 0.25) is 0 Å². The summed E-state index contributed by atoms with van der Waals surface area (Å²) >= 11 is 0. The second-order valence-corrected chi connectivity index (χ2v) is 24.6. The molecule has 7 heteroatoms. The summed E-state index contributed by atoms with van der Waals surface area (Å²) in [6.07, 6.45) is 4.95. The maximum atomic E-state index is 9.31. The van der Waals surface area contributed by atoms with E-state index in [0.29, 0.717) is 33.5 Å². The standard InChI is InChI=1S/C79H52N4OSi.Pt/c1-54-48-77(80-52-73(54)56-26-9-3-10-27-56)83-74-47-45-63(85(60-30-11-4-12-31-60,61-32-13-5-14-33-61)62-34-15-6-16-35-62)51-72(74)69-46-44-59(50-76(69)83)84-58-29-21-28-57(49-58)81-53-82-78-64(55-24-7-2-8-25-55)40-22-41-70(78)67-38-19-17-36-65(67)66-37-18-20-39-68(66)71-42-23-43-75(81)79(71)82;/h2-48,51-52H,1H3;/q-2;/i1D3,2D,3D,7D,8D,9D,10D,24D,25D,26D,27D;. The third-order valence-corrected chi connectivity index (χ3v) is 21.0. The summed E-state index contributed by atoms with van der Waals surface area (Å²) in [5.74, 6) is 0.707. The molecule has 1 aliphatic heterocycles. The number of benzene rings is 12. The van der Waals surface area contributed by atoms with Gasteiger partial charge >= 0.3 is 0 Å². The van der Waals surface area contributed by atoms with Crippen molar-refractivity contribution in [3.05, 3.63) is 321 Å². The number of nitrogens with zero attached hydrogens (tertiary/aromatic N) is 4. The average Bonchev–Trinajstić information content (AvgIpc) is 1.37. The third kappa shape index (κ3) is 8.63. The van der Waals surface area contributed by atoms with Crippen molar-refractivity contribution >= 4 is 61.7 Å². The Kier molecular flexibility index (Phi) is 10.1. The van der Waals surface area contributed by atoms with Gasteiger partial charge in [0.05, 0.1) is 30.4 Å². The fourth-order valence-corrected chi connectivity index (χ4v) is 17.4. The average molecular weight is 1310 g/mol. The quantitative estimate of drug-likeness (QED) is 0.0592. The van der Waals surface area contributed by atoms with Crippen molar-refractivity contribution in [1.29, 1.82) is 0 Å². The smallest absolute Gasteiger partial charge is 0.268 e. The van der Waals surface area contributed by atoms with E-state index in [1.165, 1.54) is 12.3 Å². The summed E-state index contributed by atoms with van der Waals surface area (Å²) in [5.41, 5.74) is 8.61. The molecule has 0 fully saturated rings. The molecule has 0 radical (unpaired) electrons. The van der Waals surface area contributed by atoms with E-state index >= 15 is 0 Å². The van der Waals surface area contributed by atoms with Crippen molar-refractivity contribution in [2.45, 2.75) is 6.85 Å². The van der Waals surface area contributed by atoms with Gasteiger partial charge in [0.25, 0.3) is 6.33 Å². The van der Waals surface area contributed by atoms with Gasteiger partial charge in [-0.1, -0.05) is 254 Å². The molecule has 16 rings (SSSR count). The number of fused-ring (bicyclic) bond motifs is 10. The van der Waals surface area contributed by atoms with E-state index in [1.54, 1.807) is 12.1 Å². The first-order valence-corrected chi connectivity index (χ1v) is 29.8. The molecular weight excluding hydrogens is 1240 g/mol. The molecule has 1 aliphatic rings. The van der Waals surface area contributed by atoms with Crippen LogP contribution in [-0.2, 0) is 21.1 Å². The van der Waals surface area contributed by atoms with Crippen molar-refractivity contribution in [2.75, 3.05) is 0 Å². The number of imidazole rings is 1. The van der Waals surface area contributed by atoms with E-state index in [1.807, 2.05) is 123 Å². The Bertz CT molecular complexity index is 5650. The molecule has 0 bridgehead atoms.